The van der Waals surface area contributed by atoms with Crippen LogP contribution in [0.25, 0.3) is 0 Å². The average molecular weight is 305 g/mol. The van der Waals surface area contributed by atoms with Crippen molar-refractivity contribution in [2.24, 2.45) is 0 Å². The molecule has 0 aliphatic carbocycles. The number of carbonyl (C=O) groups excluding carboxylic acids is 1. The zero-order chi connectivity index (χ0) is 10.8. The largest absolute Gasteiger partial charge is 0.455 e. The van der Waals surface area contributed by atoms with Gasteiger partial charge in [0.2, 0.25) is 0 Å². The minimum atomic E-state index is -0.470. The molecule has 14 heavy (non-hydrogen) atoms. The molecule has 0 fully saturated rings. The summed E-state index contributed by atoms with van der Waals surface area (Å²) in [7, 11) is 0. The second-order valence-electron chi connectivity index (χ2n) is 3.86. The molecule has 1 aromatic heterocycles. The summed E-state index contributed by atoms with van der Waals surface area (Å²) in [6.45, 7) is 5.49. The lowest BCUT2D eigenvalue weighted by atomic mass is 10.2. The van der Waals surface area contributed by atoms with Crippen molar-refractivity contribution in [2.45, 2.75) is 26.4 Å². The molecule has 0 saturated carbocycles. The SMILES string of the molecule is CC(C)(C)OC(=O)c1ccc(I)cn1. The summed E-state index contributed by atoms with van der Waals surface area (Å²) in [5, 5.41) is 0. The Kier molecular flexibility index (Phi) is 3.47. The van der Waals surface area contributed by atoms with Crippen LogP contribution in [0.2, 0.25) is 0 Å². The molecule has 0 radical (unpaired) electrons. The highest BCUT2D eigenvalue weighted by Gasteiger charge is 2.18. The van der Waals surface area contributed by atoms with Crippen LogP contribution in [0.5, 0.6) is 0 Å². The molecule has 0 unspecified atom stereocenters. The predicted octanol–water partition coefficient (Wildman–Crippen LogP) is 2.64. The van der Waals surface area contributed by atoms with E-state index in [0.717, 1.165) is 3.57 Å². The zero-order valence-corrected chi connectivity index (χ0v) is 10.5. The molecule has 0 aliphatic rings. The van der Waals surface area contributed by atoms with E-state index in [1.54, 1.807) is 12.3 Å². The molecule has 0 N–H and O–H groups in total. The van der Waals surface area contributed by atoms with E-state index in [1.807, 2.05) is 26.8 Å². The van der Waals surface area contributed by atoms with Crippen LogP contribution in [0, 0.1) is 3.57 Å². The lowest BCUT2D eigenvalue weighted by Gasteiger charge is -2.18. The molecule has 1 heterocycles. The summed E-state index contributed by atoms with van der Waals surface area (Å²) >= 11 is 2.13. The molecule has 0 spiro atoms. The molecule has 0 bridgehead atoms. The van der Waals surface area contributed by atoms with Gasteiger partial charge in [0.25, 0.3) is 0 Å². The smallest absolute Gasteiger partial charge is 0.357 e. The molecule has 76 valence electrons. The highest BCUT2D eigenvalue weighted by Crippen LogP contribution is 2.11. The summed E-state index contributed by atoms with van der Waals surface area (Å²) in [6.07, 6.45) is 1.64. The summed E-state index contributed by atoms with van der Waals surface area (Å²) in [4.78, 5) is 15.5. The van der Waals surface area contributed by atoms with Crippen LogP contribution in [0.15, 0.2) is 18.3 Å². The van der Waals surface area contributed by atoms with Gasteiger partial charge in [-0.2, -0.15) is 0 Å². The van der Waals surface area contributed by atoms with Crippen LogP contribution >= 0.6 is 22.6 Å². The van der Waals surface area contributed by atoms with Gasteiger partial charge in [-0.1, -0.05) is 0 Å². The van der Waals surface area contributed by atoms with Gasteiger partial charge in [0, 0.05) is 9.77 Å². The number of ether oxygens (including phenoxy) is 1. The summed E-state index contributed by atoms with van der Waals surface area (Å²) in [5.41, 5.74) is -0.123. The molecule has 4 heteroatoms. The van der Waals surface area contributed by atoms with E-state index < -0.39 is 5.60 Å². The minimum absolute atomic E-state index is 0.348. The van der Waals surface area contributed by atoms with E-state index in [0.29, 0.717) is 5.69 Å². The Bertz CT molecular complexity index is 327. The highest BCUT2D eigenvalue weighted by atomic mass is 127. The fraction of sp³-hybridized carbons (Fsp3) is 0.400. The van der Waals surface area contributed by atoms with Crippen LogP contribution in [0.1, 0.15) is 31.3 Å². The maximum atomic E-state index is 11.5. The summed E-state index contributed by atoms with van der Waals surface area (Å²) in [5.74, 6) is -0.381. The van der Waals surface area contributed by atoms with Gasteiger partial charge in [-0.3, -0.25) is 0 Å². The Labute approximate surface area is 97.0 Å². The number of hydrogen-bond donors (Lipinski definition) is 0. The molecule has 0 saturated heterocycles. The van der Waals surface area contributed by atoms with E-state index in [2.05, 4.69) is 27.6 Å². The fourth-order valence-electron chi connectivity index (χ4n) is 0.827. The second kappa shape index (κ2) is 4.25. The fourth-order valence-corrected chi connectivity index (χ4v) is 1.15. The maximum absolute atomic E-state index is 11.5. The van der Waals surface area contributed by atoms with Gasteiger partial charge in [0.05, 0.1) is 0 Å². The molecular weight excluding hydrogens is 293 g/mol. The van der Waals surface area contributed by atoms with E-state index in [9.17, 15) is 4.79 Å². The van der Waals surface area contributed by atoms with Crippen molar-refractivity contribution in [1.82, 2.24) is 4.98 Å². The second-order valence-corrected chi connectivity index (χ2v) is 5.11. The average Bonchev–Trinajstić information content (AvgIpc) is 2.02. The number of halogens is 1. The maximum Gasteiger partial charge on any atom is 0.357 e. The zero-order valence-electron chi connectivity index (χ0n) is 8.37. The lowest BCUT2D eigenvalue weighted by molar-refractivity contribution is 0.00628. The molecule has 0 amide bonds. The minimum Gasteiger partial charge on any atom is -0.455 e. The van der Waals surface area contributed by atoms with Crippen LogP contribution in [-0.4, -0.2) is 16.6 Å². The normalized spacial score (nSPS) is 11.1. The van der Waals surface area contributed by atoms with Crippen molar-refractivity contribution in [3.8, 4) is 0 Å². The van der Waals surface area contributed by atoms with E-state index in [-0.39, 0.29) is 5.97 Å². The first-order chi connectivity index (χ1) is 6.38. The number of hydrogen-bond acceptors (Lipinski definition) is 3. The third-order valence-electron chi connectivity index (χ3n) is 1.34. The first kappa shape index (κ1) is 11.4. The van der Waals surface area contributed by atoms with Crippen molar-refractivity contribution >= 4 is 28.6 Å². The van der Waals surface area contributed by atoms with Crippen LogP contribution in [0.3, 0.4) is 0 Å². The molecule has 0 atom stereocenters. The molecule has 1 rings (SSSR count). The van der Waals surface area contributed by atoms with Gasteiger partial charge in [0.15, 0.2) is 0 Å². The monoisotopic (exact) mass is 305 g/mol. The summed E-state index contributed by atoms with van der Waals surface area (Å²) in [6, 6.07) is 3.49. The Balaban J connectivity index is 2.76. The number of carbonyl (C=O) groups is 1. The van der Waals surface area contributed by atoms with E-state index in [1.165, 1.54) is 0 Å². The van der Waals surface area contributed by atoms with Gasteiger partial charge in [-0.05, 0) is 55.5 Å². The number of esters is 1. The van der Waals surface area contributed by atoms with Crippen molar-refractivity contribution < 1.29 is 9.53 Å². The van der Waals surface area contributed by atoms with Gasteiger partial charge in [0.1, 0.15) is 11.3 Å². The molecule has 0 aliphatic heterocycles. The van der Waals surface area contributed by atoms with E-state index in [4.69, 9.17) is 4.74 Å². The molecule has 3 nitrogen and oxygen atoms in total. The summed E-state index contributed by atoms with van der Waals surface area (Å²) < 4.78 is 6.16. The van der Waals surface area contributed by atoms with Crippen LogP contribution in [0.4, 0.5) is 0 Å². The number of rotatable bonds is 1. The lowest BCUT2D eigenvalue weighted by Crippen LogP contribution is -2.24. The van der Waals surface area contributed by atoms with Crippen molar-refractivity contribution in [3.05, 3.63) is 27.6 Å². The first-order valence-electron chi connectivity index (χ1n) is 4.23. The van der Waals surface area contributed by atoms with Gasteiger partial charge in [-0.25, -0.2) is 9.78 Å². The number of nitrogens with zero attached hydrogens (tertiary/aromatic N) is 1. The topological polar surface area (TPSA) is 39.2 Å². The molecular formula is C10H12INO2. The Morgan fingerprint density at radius 2 is 2.07 bits per heavy atom. The standard InChI is InChI=1S/C10H12INO2/c1-10(2,3)14-9(13)8-5-4-7(11)6-12-8/h4-6H,1-3H3. The van der Waals surface area contributed by atoms with Crippen molar-refractivity contribution in [3.63, 3.8) is 0 Å². The molecule has 0 aromatic carbocycles. The Morgan fingerprint density at radius 3 is 2.50 bits per heavy atom. The first-order valence-corrected chi connectivity index (χ1v) is 5.31. The quantitative estimate of drug-likeness (QED) is 0.591. The van der Waals surface area contributed by atoms with E-state index >= 15 is 0 Å². The van der Waals surface area contributed by atoms with Crippen LogP contribution in [-0.2, 0) is 4.74 Å². The molecule has 1 aromatic rings. The van der Waals surface area contributed by atoms with Gasteiger partial charge < -0.3 is 4.74 Å². The number of aromatic nitrogens is 1. The van der Waals surface area contributed by atoms with Crippen LogP contribution < -0.4 is 0 Å². The highest BCUT2D eigenvalue weighted by molar-refractivity contribution is 14.1. The van der Waals surface area contributed by atoms with Gasteiger partial charge in [-0.15, -0.1) is 0 Å². The Hall–Kier alpha value is -0.650. The number of pyridine rings is 1. The van der Waals surface area contributed by atoms with Gasteiger partial charge >= 0.3 is 5.97 Å². The van der Waals surface area contributed by atoms with Crippen molar-refractivity contribution in [1.29, 1.82) is 0 Å². The predicted molar refractivity (Wildman–Crippen MR) is 62.1 cm³/mol. The Morgan fingerprint density at radius 1 is 1.43 bits per heavy atom. The third kappa shape index (κ3) is 3.61. The van der Waals surface area contributed by atoms with Crippen molar-refractivity contribution in [2.75, 3.05) is 0 Å². The third-order valence-corrected chi connectivity index (χ3v) is 1.97.